The number of nitrogen functional groups attached to an aromatic ring is 1. The van der Waals surface area contributed by atoms with Gasteiger partial charge in [0.1, 0.15) is 0 Å². The van der Waals surface area contributed by atoms with Crippen LogP contribution in [-0.4, -0.2) is 10.7 Å². The van der Waals surface area contributed by atoms with Gasteiger partial charge in [-0.05, 0) is 24.7 Å². The van der Waals surface area contributed by atoms with E-state index in [-0.39, 0.29) is 5.69 Å². The zero-order chi connectivity index (χ0) is 12.1. The molecule has 0 unspecified atom stereocenters. The SMILES string of the molecule is Cc1cc([N+](=O)[O-])cc(C=CCCS)c1N. The third kappa shape index (κ3) is 3.00. The summed E-state index contributed by atoms with van der Waals surface area (Å²) >= 11 is 4.08. The molecule has 0 aliphatic heterocycles. The van der Waals surface area contributed by atoms with Crippen molar-refractivity contribution >= 4 is 30.1 Å². The average Bonchev–Trinajstić information content (AvgIpc) is 2.24. The summed E-state index contributed by atoms with van der Waals surface area (Å²) in [4.78, 5) is 10.3. The molecule has 1 aromatic carbocycles. The van der Waals surface area contributed by atoms with Gasteiger partial charge < -0.3 is 5.73 Å². The molecule has 0 saturated carbocycles. The molecule has 0 aliphatic carbocycles. The number of allylic oxidation sites excluding steroid dienone is 1. The Labute approximate surface area is 99.7 Å². The second-order valence-corrected chi connectivity index (χ2v) is 3.88. The highest BCUT2D eigenvalue weighted by molar-refractivity contribution is 7.80. The normalized spacial score (nSPS) is 10.9. The van der Waals surface area contributed by atoms with Crippen molar-refractivity contribution in [3.8, 4) is 0 Å². The van der Waals surface area contributed by atoms with Gasteiger partial charge in [0.2, 0.25) is 0 Å². The number of anilines is 1. The lowest BCUT2D eigenvalue weighted by atomic mass is 10.1. The average molecular weight is 238 g/mol. The van der Waals surface area contributed by atoms with Crippen LogP contribution in [0.3, 0.4) is 0 Å². The van der Waals surface area contributed by atoms with Gasteiger partial charge in [-0.15, -0.1) is 0 Å². The van der Waals surface area contributed by atoms with E-state index in [4.69, 9.17) is 5.73 Å². The van der Waals surface area contributed by atoms with Crippen molar-refractivity contribution in [2.24, 2.45) is 0 Å². The molecular formula is C11H14N2O2S. The van der Waals surface area contributed by atoms with E-state index in [1.807, 2.05) is 6.08 Å². The lowest BCUT2D eigenvalue weighted by molar-refractivity contribution is -0.384. The molecule has 0 amide bonds. The van der Waals surface area contributed by atoms with Crippen LogP contribution in [0.15, 0.2) is 18.2 Å². The van der Waals surface area contributed by atoms with Crippen molar-refractivity contribution in [1.82, 2.24) is 0 Å². The summed E-state index contributed by atoms with van der Waals surface area (Å²) < 4.78 is 0. The Morgan fingerprint density at radius 3 is 2.81 bits per heavy atom. The van der Waals surface area contributed by atoms with Gasteiger partial charge >= 0.3 is 0 Å². The van der Waals surface area contributed by atoms with Crippen LogP contribution in [0.4, 0.5) is 11.4 Å². The predicted molar refractivity (Wildman–Crippen MR) is 69.7 cm³/mol. The van der Waals surface area contributed by atoms with Gasteiger partial charge in [-0.25, -0.2) is 0 Å². The van der Waals surface area contributed by atoms with Crippen LogP contribution in [0, 0.1) is 17.0 Å². The van der Waals surface area contributed by atoms with Crippen LogP contribution >= 0.6 is 12.6 Å². The Morgan fingerprint density at radius 2 is 2.25 bits per heavy atom. The van der Waals surface area contributed by atoms with Crippen molar-refractivity contribution in [3.63, 3.8) is 0 Å². The molecule has 0 aliphatic rings. The summed E-state index contributed by atoms with van der Waals surface area (Å²) in [6.07, 6.45) is 4.51. The van der Waals surface area contributed by atoms with Crippen molar-refractivity contribution < 1.29 is 4.92 Å². The van der Waals surface area contributed by atoms with Gasteiger partial charge in [0.25, 0.3) is 5.69 Å². The molecule has 0 aromatic heterocycles. The van der Waals surface area contributed by atoms with Crippen molar-refractivity contribution in [3.05, 3.63) is 39.4 Å². The van der Waals surface area contributed by atoms with Crippen LogP contribution in [-0.2, 0) is 0 Å². The number of thiol groups is 1. The molecule has 0 heterocycles. The second kappa shape index (κ2) is 5.55. The summed E-state index contributed by atoms with van der Waals surface area (Å²) in [6.45, 7) is 1.76. The number of aryl methyl sites for hydroxylation is 1. The maximum Gasteiger partial charge on any atom is 0.270 e. The number of nitro benzene ring substituents is 1. The van der Waals surface area contributed by atoms with E-state index in [9.17, 15) is 10.1 Å². The highest BCUT2D eigenvalue weighted by Crippen LogP contribution is 2.25. The fourth-order valence-electron chi connectivity index (χ4n) is 1.33. The third-order valence-corrected chi connectivity index (χ3v) is 2.47. The van der Waals surface area contributed by atoms with Crippen LogP contribution in [0.5, 0.6) is 0 Å². The van der Waals surface area contributed by atoms with Crippen molar-refractivity contribution in [2.75, 3.05) is 11.5 Å². The first-order chi connectivity index (χ1) is 7.56. The van der Waals surface area contributed by atoms with Gasteiger partial charge in [-0.3, -0.25) is 10.1 Å². The molecular weight excluding hydrogens is 224 g/mol. The number of hydrogen-bond acceptors (Lipinski definition) is 4. The van der Waals surface area contributed by atoms with E-state index in [1.165, 1.54) is 12.1 Å². The molecule has 0 spiro atoms. The maximum atomic E-state index is 10.7. The van der Waals surface area contributed by atoms with E-state index in [1.54, 1.807) is 13.0 Å². The summed E-state index contributed by atoms with van der Waals surface area (Å²) in [5.41, 5.74) is 7.90. The lowest BCUT2D eigenvalue weighted by Gasteiger charge is -2.04. The van der Waals surface area contributed by atoms with Gasteiger partial charge in [0.15, 0.2) is 0 Å². The third-order valence-electron chi connectivity index (χ3n) is 2.21. The molecule has 1 aromatic rings. The molecule has 5 heteroatoms. The first kappa shape index (κ1) is 12.6. The van der Waals surface area contributed by atoms with Gasteiger partial charge in [-0.2, -0.15) is 12.6 Å². The summed E-state index contributed by atoms with van der Waals surface area (Å²) in [5, 5.41) is 10.7. The first-order valence-corrected chi connectivity index (χ1v) is 5.51. The number of nitrogens with two attached hydrogens (primary N) is 1. The van der Waals surface area contributed by atoms with E-state index < -0.39 is 4.92 Å². The quantitative estimate of drug-likeness (QED) is 0.367. The minimum Gasteiger partial charge on any atom is -0.398 e. The Morgan fingerprint density at radius 1 is 1.56 bits per heavy atom. The molecule has 2 N–H and O–H groups in total. The molecule has 0 bridgehead atoms. The molecule has 0 radical (unpaired) electrons. The van der Waals surface area contributed by atoms with Gasteiger partial charge in [-0.1, -0.05) is 12.2 Å². The Bertz CT molecular complexity index is 430. The fourth-order valence-corrected chi connectivity index (χ4v) is 1.48. The smallest absolute Gasteiger partial charge is 0.270 e. The fraction of sp³-hybridized carbons (Fsp3) is 0.273. The number of rotatable bonds is 4. The highest BCUT2D eigenvalue weighted by Gasteiger charge is 2.10. The number of nitrogens with zero attached hydrogens (tertiary/aromatic N) is 1. The Balaban J connectivity index is 3.11. The van der Waals surface area contributed by atoms with E-state index in [0.717, 1.165) is 17.7 Å². The van der Waals surface area contributed by atoms with Crippen molar-refractivity contribution in [1.29, 1.82) is 0 Å². The summed E-state index contributed by atoms with van der Waals surface area (Å²) in [5.74, 6) is 0.740. The molecule has 0 atom stereocenters. The molecule has 0 saturated heterocycles. The maximum absolute atomic E-state index is 10.7. The number of hydrogen-bond donors (Lipinski definition) is 2. The van der Waals surface area contributed by atoms with Crippen molar-refractivity contribution in [2.45, 2.75) is 13.3 Å². The topological polar surface area (TPSA) is 69.2 Å². The van der Waals surface area contributed by atoms with Crippen LogP contribution in [0.2, 0.25) is 0 Å². The van der Waals surface area contributed by atoms with E-state index in [2.05, 4.69) is 12.6 Å². The molecule has 4 nitrogen and oxygen atoms in total. The van der Waals surface area contributed by atoms with Crippen LogP contribution in [0.1, 0.15) is 17.5 Å². The first-order valence-electron chi connectivity index (χ1n) is 4.88. The minimum absolute atomic E-state index is 0.0669. The van der Waals surface area contributed by atoms with Gasteiger partial charge in [0.05, 0.1) is 4.92 Å². The number of benzene rings is 1. The zero-order valence-corrected chi connectivity index (χ0v) is 9.91. The van der Waals surface area contributed by atoms with E-state index in [0.29, 0.717) is 11.3 Å². The zero-order valence-electron chi connectivity index (χ0n) is 9.01. The second-order valence-electron chi connectivity index (χ2n) is 3.44. The summed E-state index contributed by atoms with van der Waals surface area (Å²) in [7, 11) is 0. The number of non-ortho nitro benzene ring substituents is 1. The number of nitro groups is 1. The minimum atomic E-state index is -0.414. The van der Waals surface area contributed by atoms with Crippen LogP contribution < -0.4 is 5.73 Å². The summed E-state index contributed by atoms with van der Waals surface area (Å²) in [6, 6.07) is 2.96. The van der Waals surface area contributed by atoms with E-state index >= 15 is 0 Å². The highest BCUT2D eigenvalue weighted by atomic mass is 32.1. The lowest BCUT2D eigenvalue weighted by Crippen LogP contribution is -1.96. The monoisotopic (exact) mass is 238 g/mol. The predicted octanol–water partition coefficient (Wildman–Crippen LogP) is 2.82. The molecule has 0 fully saturated rings. The molecule has 86 valence electrons. The standard InChI is InChI=1S/C11H14N2O2S/c1-8-6-10(13(14)15)7-9(11(8)12)4-2-3-5-16/h2,4,6-7,16H,3,5,12H2,1H3. The molecule has 1 rings (SSSR count). The Hall–Kier alpha value is -1.49. The molecule has 16 heavy (non-hydrogen) atoms. The largest absolute Gasteiger partial charge is 0.398 e. The Kier molecular flexibility index (Phi) is 4.37. The van der Waals surface area contributed by atoms with Crippen LogP contribution in [0.25, 0.3) is 6.08 Å². The van der Waals surface area contributed by atoms with Gasteiger partial charge in [0, 0.05) is 23.4 Å².